The molecular weight excluding hydrogens is 176 g/mol. The highest BCUT2D eigenvalue weighted by Gasteiger charge is 2.13. The molecule has 1 N–H and O–H groups in total. The van der Waals surface area contributed by atoms with Crippen LogP contribution in [-0.4, -0.2) is 50.3 Å². The van der Waals surface area contributed by atoms with E-state index in [1.165, 1.54) is 32.5 Å². The van der Waals surface area contributed by atoms with E-state index in [1.807, 2.05) is 6.92 Å². The average Bonchev–Trinajstić information content (AvgIpc) is 2.65. The van der Waals surface area contributed by atoms with Gasteiger partial charge in [-0.05, 0) is 39.8 Å². The molecule has 0 aromatic rings. The van der Waals surface area contributed by atoms with E-state index in [0.717, 1.165) is 19.8 Å². The number of nitrogens with zero attached hydrogens (tertiary/aromatic N) is 1. The largest absolute Gasteiger partial charge is 0.380 e. The molecular formula is C11H24N2O. The second-order valence-electron chi connectivity index (χ2n) is 4.06. The normalized spacial score (nSPS) is 20.1. The molecule has 1 heterocycles. The van der Waals surface area contributed by atoms with Crippen LogP contribution in [0.2, 0.25) is 0 Å². The Morgan fingerprint density at radius 3 is 2.71 bits per heavy atom. The highest BCUT2D eigenvalue weighted by Crippen LogP contribution is 2.07. The third kappa shape index (κ3) is 4.94. The van der Waals surface area contributed by atoms with Crippen LogP contribution in [0.25, 0.3) is 0 Å². The highest BCUT2D eigenvalue weighted by molar-refractivity contribution is 4.72. The first-order valence-electron chi connectivity index (χ1n) is 5.86. The molecule has 0 spiro atoms. The summed E-state index contributed by atoms with van der Waals surface area (Å²) in [5, 5.41) is 3.48. The zero-order valence-corrected chi connectivity index (χ0v) is 9.59. The van der Waals surface area contributed by atoms with Gasteiger partial charge >= 0.3 is 0 Å². The summed E-state index contributed by atoms with van der Waals surface area (Å²) in [6, 6.07) is 0.591. The summed E-state index contributed by atoms with van der Waals surface area (Å²) in [7, 11) is 0. The molecule has 1 fully saturated rings. The van der Waals surface area contributed by atoms with Crippen LogP contribution >= 0.6 is 0 Å². The standard InChI is InChI=1S/C11H24N2O/c1-3-14-9-6-12-11(2)10-13-7-4-5-8-13/h11-12H,3-10H2,1-2H3. The van der Waals surface area contributed by atoms with E-state index in [9.17, 15) is 0 Å². The van der Waals surface area contributed by atoms with Crippen molar-refractivity contribution in [1.29, 1.82) is 0 Å². The third-order valence-electron chi connectivity index (χ3n) is 2.67. The van der Waals surface area contributed by atoms with Crippen LogP contribution in [-0.2, 0) is 4.74 Å². The fraction of sp³-hybridized carbons (Fsp3) is 1.00. The summed E-state index contributed by atoms with van der Waals surface area (Å²) >= 11 is 0. The lowest BCUT2D eigenvalue weighted by Crippen LogP contribution is -2.39. The van der Waals surface area contributed by atoms with E-state index < -0.39 is 0 Å². The Hall–Kier alpha value is -0.120. The Bertz CT molecular complexity index is 135. The Kier molecular flexibility index (Phi) is 6.15. The van der Waals surface area contributed by atoms with Crippen molar-refractivity contribution >= 4 is 0 Å². The lowest BCUT2D eigenvalue weighted by molar-refractivity contribution is 0.145. The summed E-state index contributed by atoms with van der Waals surface area (Å²) in [5.41, 5.74) is 0. The maximum atomic E-state index is 5.28. The first-order valence-corrected chi connectivity index (χ1v) is 5.86. The number of ether oxygens (including phenoxy) is 1. The third-order valence-corrected chi connectivity index (χ3v) is 2.67. The lowest BCUT2D eigenvalue weighted by atomic mass is 10.3. The fourth-order valence-electron chi connectivity index (χ4n) is 1.94. The minimum atomic E-state index is 0.591. The van der Waals surface area contributed by atoms with Gasteiger partial charge in [0.05, 0.1) is 6.61 Å². The molecule has 0 bridgehead atoms. The second kappa shape index (κ2) is 7.21. The monoisotopic (exact) mass is 200 g/mol. The summed E-state index contributed by atoms with van der Waals surface area (Å²) in [6.45, 7) is 10.7. The molecule has 3 heteroatoms. The van der Waals surface area contributed by atoms with Crippen LogP contribution < -0.4 is 5.32 Å². The molecule has 1 aliphatic rings. The van der Waals surface area contributed by atoms with Gasteiger partial charge in [0.15, 0.2) is 0 Å². The molecule has 0 saturated carbocycles. The quantitative estimate of drug-likeness (QED) is 0.623. The smallest absolute Gasteiger partial charge is 0.0590 e. The Balaban J connectivity index is 1.95. The van der Waals surface area contributed by atoms with Gasteiger partial charge in [0, 0.05) is 25.7 Å². The van der Waals surface area contributed by atoms with Crippen molar-refractivity contribution in [2.24, 2.45) is 0 Å². The van der Waals surface area contributed by atoms with Gasteiger partial charge in [-0.15, -0.1) is 0 Å². The minimum absolute atomic E-state index is 0.591. The van der Waals surface area contributed by atoms with Crippen LogP contribution in [0.1, 0.15) is 26.7 Å². The van der Waals surface area contributed by atoms with Crippen molar-refractivity contribution in [3.8, 4) is 0 Å². The predicted molar refractivity (Wildman–Crippen MR) is 59.6 cm³/mol. The molecule has 0 aromatic heterocycles. The number of likely N-dealkylation sites (tertiary alicyclic amines) is 1. The lowest BCUT2D eigenvalue weighted by Gasteiger charge is -2.21. The van der Waals surface area contributed by atoms with Crippen molar-refractivity contribution in [3.05, 3.63) is 0 Å². The molecule has 3 nitrogen and oxygen atoms in total. The summed E-state index contributed by atoms with van der Waals surface area (Å²) in [4.78, 5) is 2.54. The molecule has 14 heavy (non-hydrogen) atoms. The molecule has 1 saturated heterocycles. The van der Waals surface area contributed by atoms with E-state index in [0.29, 0.717) is 6.04 Å². The number of rotatable bonds is 7. The molecule has 0 aliphatic carbocycles. The zero-order valence-electron chi connectivity index (χ0n) is 9.59. The van der Waals surface area contributed by atoms with E-state index in [4.69, 9.17) is 4.74 Å². The maximum absolute atomic E-state index is 5.28. The van der Waals surface area contributed by atoms with E-state index in [2.05, 4.69) is 17.1 Å². The van der Waals surface area contributed by atoms with Gasteiger partial charge in [-0.3, -0.25) is 0 Å². The fourth-order valence-corrected chi connectivity index (χ4v) is 1.94. The van der Waals surface area contributed by atoms with Crippen LogP contribution in [0.15, 0.2) is 0 Å². The van der Waals surface area contributed by atoms with Crippen molar-refractivity contribution in [1.82, 2.24) is 10.2 Å². The van der Waals surface area contributed by atoms with Gasteiger partial charge < -0.3 is 15.0 Å². The number of nitrogens with one attached hydrogen (secondary N) is 1. The van der Waals surface area contributed by atoms with Gasteiger partial charge in [0.25, 0.3) is 0 Å². The van der Waals surface area contributed by atoms with Gasteiger partial charge in [0.1, 0.15) is 0 Å². The van der Waals surface area contributed by atoms with Crippen LogP contribution in [0.3, 0.4) is 0 Å². The maximum Gasteiger partial charge on any atom is 0.0590 e. The van der Waals surface area contributed by atoms with Crippen LogP contribution in [0.4, 0.5) is 0 Å². The van der Waals surface area contributed by atoms with Crippen molar-refractivity contribution in [2.45, 2.75) is 32.7 Å². The average molecular weight is 200 g/mol. The summed E-state index contributed by atoms with van der Waals surface area (Å²) < 4.78 is 5.28. The van der Waals surface area contributed by atoms with E-state index >= 15 is 0 Å². The molecule has 84 valence electrons. The topological polar surface area (TPSA) is 24.5 Å². The Labute approximate surface area is 87.8 Å². The Morgan fingerprint density at radius 1 is 1.36 bits per heavy atom. The summed E-state index contributed by atoms with van der Waals surface area (Å²) in [6.07, 6.45) is 2.76. The van der Waals surface area contributed by atoms with Gasteiger partial charge in [-0.25, -0.2) is 0 Å². The van der Waals surface area contributed by atoms with E-state index in [1.54, 1.807) is 0 Å². The molecule has 0 amide bonds. The first kappa shape index (κ1) is 12.0. The molecule has 0 aromatic carbocycles. The predicted octanol–water partition coefficient (Wildman–Crippen LogP) is 1.10. The van der Waals surface area contributed by atoms with E-state index in [-0.39, 0.29) is 0 Å². The molecule has 1 unspecified atom stereocenters. The zero-order chi connectivity index (χ0) is 10.2. The van der Waals surface area contributed by atoms with Gasteiger partial charge in [0.2, 0.25) is 0 Å². The van der Waals surface area contributed by atoms with Gasteiger partial charge in [-0.1, -0.05) is 0 Å². The van der Waals surface area contributed by atoms with Crippen molar-refractivity contribution < 1.29 is 4.74 Å². The van der Waals surface area contributed by atoms with Gasteiger partial charge in [-0.2, -0.15) is 0 Å². The van der Waals surface area contributed by atoms with Crippen molar-refractivity contribution in [2.75, 3.05) is 39.4 Å². The molecule has 1 atom stereocenters. The number of hydrogen-bond acceptors (Lipinski definition) is 3. The SMILES string of the molecule is CCOCCNC(C)CN1CCCC1. The Morgan fingerprint density at radius 2 is 2.07 bits per heavy atom. The minimum Gasteiger partial charge on any atom is -0.380 e. The molecule has 1 rings (SSSR count). The summed E-state index contributed by atoms with van der Waals surface area (Å²) in [5.74, 6) is 0. The second-order valence-corrected chi connectivity index (χ2v) is 4.06. The molecule has 1 aliphatic heterocycles. The highest BCUT2D eigenvalue weighted by atomic mass is 16.5. The van der Waals surface area contributed by atoms with Crippen LogP contribution in [0.5, 0.6) is 0 Å². The number of hydrogen-bond donors (Lipinski definition) is 1. The van der Waals surface area contributed by atoms with Crippen molar-refractivity contribution in [3.63, 3.8) is 0 Å². The first-order chi connectivity index (χ1) is 6.83. The molecule has 0 radical (unpaired) electrons. The van der Waals surface area contributed by atoms with Crippen LogP contribution in [0, 0.1) is 0 Å².